The predicted octanol–water partition coefficient (Wildman–Crippen LogP) is 1.27. The molecular weight excluding hydrogens is 264 g/mol. The Balaban J connectivity index is 2.60. The number of aromatic nitrogens is 2. The third kappa shape index (κ3) is 2.29. The molecule has 0 bridgehead atoms. The van der Waals surface area contributed by atoms with Crippen LogP contribution in [0.2, 0.25) is 0 Å². The van der Waals surface area contributed by atoms with Gasteiger partial charge < -0.3 is 19.4 Å². The first-order chi connectivity index (χ1) is 9.60. The van der Waals surface area contributed by atoms with Crippen LogP contribution in [-0.4, -0.2) is 24.2 Å². The molecule has 0 amide bonds. The molecule has 1 aromatic carbocycles. The van der Waals surface area contributed by atoms with Crippen LogP contribution in [0.4, 0.5) is 0 Å². The van der Waals surface area contributed by atoms with E-state index in [1.807, 2.05) is 0 Å². The number of hydrogen-bond acceptors (Lipinski definition) is 5. The van der Waals surface area contributed by atoms with Crippen molar-refractivity contribution in [2.24, 2.45) is 0 Å². The molecule has 0 aliphatic carbocycles. The van der Waals surface area contributed by atoms with E-state index in [-0.39, 0.29) is 41.6 Å². The first-order valence-corrected chi connectivity index (χ1v) is 6.06. The summed E-state index contributed by atoms with van der Waals surface area (Å²) in [6, 6.07) is 6.26. The molecule has 0 unspecified atom stereocenters. The Morgan fingerprint density at radius 3 is 2.75 bits per heavy atom. The summed E-state index contributed by atoms with van der Waals surface area (Å²) in [6.45, 7) is 1.40. The van der Waals surface area contributed by atoms with Gasteiger partial charge in [0.2, 0.25) is 0 Å². The average molecular weight is 278 g/mol. The largest absolute Gasteiger partial charge is 0.803 e. The maximum absolute atomic E-state index is 12.2. The standard InChI is InChI=1S/C13H14N2O5/c1-3-9(16)8-20-13-12(19-2)14(17)10-6-4-5-7-11(10)15(13)18/h4-7H,3,8H2,1-2H3. The molecule has 1 heterocycles. The molecule has 0 aliphatic heterocycles. The van der Waals surface area contributed by atoms with Gasteiger partial charge in [0.15, 0.2) is 5.78 Å². The van der Waals surface area contributed by atoms with Crippen molar-refractivity contribution < 1.29 is 18.7 Å². The van der Waals surface area contributed by atoms with Gasteiger partial charge in [-0.25, -0.2) is 0 Å². The highest BCUT2D eigenvalue weighted by atomic mass is 16.6. The third-order valence-electron chi connectivity index (χ3n) is 2.83. The molecule has 2 aromatic rings. The predicted molar refractivity (Wildman–Crippen MR) is 71.4 cm³/mol. The molecule has 0 radical (unpaired) electrons. The zero-order chi connectivity index (χ0) is 14.7. The lowest BCUT2D eigenvalue weighted by atomic mass is 10.3. The first-order valence-electron chi connectivity index (χ1n) is 6.06. The number of hydrogen-bond donors (Lipinski definition) is 0. The molecule has 0 spiro atoms. The molecule has 0 N–H and O–H groups in total. The van der Waals surface area contributed by atoms with Gasteiger partial charge in [0.25, 0.3) is 5.52 Å². The van der Waals surface area contributed by atoms with E-state index in [4.69, 9.17) is 9.47 Å². The van der Waals surface area contributed by atoms with Crippen LogP contribution in [-0.2, 0) is 4.79 Å². The van der Waals surface area contributed by atoms with Crippen LogP contribution in [0.1, 0.15) is 13.3 Å². The molecule has 0 atom stereocenters. The SMILES string of the molecule is CCC(=O)COc1c(OC)[n+](=O)c2ccccc2n1[O-]. The Morgan fingerprint density at radius 1 is 1.40 bits per heavy atom. The summed E-state index contributed by atoms with van der Waals surface area (Å²) in [4.78, 5) is 23.4. The Labute approximate surface area is 114 Å². The van der Waals surface area contributed by atoms with Gasteiger partial charge in [-0.05, 0) is 6.07 Å². The summed E-state index contributed by atoms with van der Waals surface area (Å²) in [7, 11) is 1.26. The number of ether oxygens (including phenoxy) is 2. The van der Waals surface area contributed by atoms with Crippen molar-refractivity contribution >= 4 is 16.8 Å². The molecule has 0 fully saturated rings. The van der Waals surface area contributed by atoms with Gasteiger partial charge >= 0.3 is 11.8 Å². The summed E-state index contributed by atoms with van der Waals surface area (Å²) in [5.74, 6) is -0.775. The van der Waals surface area contributed by atoms with Gasteiger partial charge in [-0.2, -0.15) is 0 Å². The van der Waals surface area contributed by atoms with E-state index in [1.165, 1.54) is 19.2 Å². The summed E-state index contributed by atoms with van der Waals surface area (Å²) < 4.78 is 11.0. The number of carbonyl (C=O) groups is 1. The zero-order valence-corrected chi connectivity index (χ0v) is 11.2. The number of fused-ring (bicyclic) bond motifs is 1. The van der Waals surface area contributed by atoms with Crippen molar-refractivity contribution in [3.05, 3.63) is 34.4 Å². The second-order valence-corrected chi connectivity index (χ2v) is 4.07. The fourth-order valence-electron chi connectivity index (χ4n) is 1.74. The van der Waals surface area contributed by atoms with Crippen LogP contribution in [0, 0.1) is 10.1 Å². The van der Waals surface area contributed by atoms with E-state index in [1.54, 1.807) is 19.1 Å². The molecule has 106 valence electrons. The van der Waals surface area contributed by atoms with Gasteiger partial charge in [-0.15, -0.1) is 0 Å². The maximum Gasteiger partial charge on any atom is 0.483 e. The number of carbonyl (C=O) groups excluding carboxylic acids is 1. The highest BCUT2D eigenvalue weighted by Crippen LogP contribution is 2.26. The van der Waals surface area contributed by atoms with Crippen molar-refractivity contribution in [1.82, 2.24) is 4.73 Å². The molecule has 7 nitrogen and oxygen atoms in total. The summed E-state index contributed by atoms with van der Waals surface area (Å²) >= 11 is 0. The lowest BCUT2D eigenvalue weighted by molar-refractivity contribution is -0.476. The lowest BCUT2D eigenvalue weighted by Gasteiger charge is -2.17. The molecule has 2 rings (SSSR count). The Hall–Kier alpha value is -2.57. The quantitative estimate of drug-likeness (QED) is 0.769. The zero-order valence-electron chi connectivity index (χ0n) is 11.2. The van der Waals surface area contributed by atoms with Crippen LogP contribution >= 0.6 is 0 Å². The highest BCUT2D eigenvalue weighted by molar-refractivity contribution is 5.79. The number of para-hydroxylation sites is 2. The molecule has 0 aliphatic rings. The Morgan fingerprint density at radius 2 is 2.10 bits per heavy atom. The summed E-state index contributed by atoms with van der Waals surface area (Å²) in [6.07, 6.45) is 0.284. The van der Waals surface area contributed by atoms with Crippen molar-refractivity contribution in [2.75, 3.05) is 13.7 Å². The smallest absolute Gasteiger partial charge is 0.483 e. The second kappa shape index (κ2) is 5.60. The minimum absolute atomic E-state index is 0.141. The summed E-state index contributed by atoms with van der Waals surface area (Å²) in [5.41, 5.74) is 0.302. The molecule has 1 aromatic heterocycles. The van der Waals surface area contributed by atoms with Crippen LogP contribution in [0.3, 0.4) is 0 Å². The fraction of sp³-hybridized carbons (Fsp3) is 0.308. The number of Topliss-reactive ketones (excluding diaryl/α,β-unsaturated/α-hetero) is 1. The maximum atomic E-state index is 12.2. The Bertz CT molecular complexity index is 708. The van der Waals surface area contributed by atoms with E-state index >= 15 is 0 Å². The highest BCUT2D eigenvalue weighted by Gasteiger charge is 2.25. The normalized spacial score (nSPS) is 10.5. The van der Waals surface area contributed by atoms with Crippen molar-refractivity contribution in [2.45, 2.75) is 13.3 Å². The third-order valence-corrected chi connectivity index (χ3v) is 2.83. The van der Waals surface area contributed by atoms with Gasteiger partial charge in [-0.1, -0.05) is 19.1 Å². The van der Waals surface area contributed by atoms with E-state index in [2.05, 4.69) is 0 Å². The number of methoxy groups -OCH3 is 1. The molecule has 20 heavy (non-hydrogen) atoms. The molecule has 0 saturated heterocycles. The van der Waals surface area contributed by atoms with Crippen LogP contribution < -0.4 is 13.9 Å². The van der Waals surface area contributed by atoms with E-state index in [0.717, 1.165) is 0 Å². The number of nitrogens with zero attached hydrogens (tertiary/aromatic N) is 2. The molecular formula is C13H14N2O5. The van der Waals surface area contributed by atoms with Crippen LogP contribution in [0.5, 0.6) is 11.8 Å². The topological polar surface area (TPSA) is 86.5 Å². The van der Waals surface area contributed by atoms with E-state index in [9.17, 15) is 14.9 Å². The summed E-state index contributed by atoms with van der Waals surface area (Å²) in [5, 5.41) is 12.2. The fourth-order valence-corrected chi connectivity index (χ4v) is 1.74. The van der Waals surface area contributed by atoms with Crippen molar-refractivity contribution in [1.29, 1.82) is 0 Å². The first kappa shape index (κ1) is 13.9. The second-order valence-electron chi connectivity index (χ2n) is 4.07. The van der Waals surface area contributed by atoms with E-state index < -0.39 is 0 Å². The Kier molecular flexibility index (Phi) is 3.88. The molecule has 0 saturated carbocycles. The lowest BCUT2D eigenvalue weighted by Crippen LogP contribution is -2.24. The minimum atomic E-state index is -0.317. The monoisotopic (exact) mass is 278 g/mol. The van der Waals surface area contributed by atoms with Crippen molar-refractivity contribution in [3.8, 4) is 11.8 Å². The van der Waals surface area contributed by atoms with Crippen LogP contribution in [0.25, 0.3) is 11.0 Å². The average Bonchev–Trinajstić information content (AvgIpc) is 2.49. The minimum Gasteiger partial charge on any atom is -0.803 e. The molecule has 7 heteroatoms. The van der Waals surface area contributed by atoms with Crippen molar-refractivity contribution in [3.63, 3.8) is 0 Å². The van der Waals surface area contributed by atoms with Gasteiger partial charge in [-0.3, -0.25) is 4.79 Å². The van der Waals surface area contributed by atoms with Crippen LogP contribution in [0.15, 0.2) is 24.3 Å². The number of rotatable bonds is 5. The van der Waals surface area contributed by atoms with Gasteiger partial charge in [0.1, 0.15) is 16.6 Å². The van der Waals surface area contributed by atoms with Gasteiger partial charge in [0.05, 0.1) is 7.11 Å². The number of ketones is 1. The van der Waals surface area contributed by atoms with Gasteiger partial charge in [0, 0.05) is 17.4 Å². The van der Waals surface area contributed by atoms with E-state index in [0.29, 0.717) is 9.16 Å². The number of benzene rings is 1.